The molecule has 9 nitrogen and oxygen atoms in total. The van der Waals surface area contributed by atoms with E-state index in [1.807, 2.05) is 11.8 Å². The number of carbonyl (C=O) groups excluding carboxylic acids is 2. The first-order chi connectivity index (χ1) is 14.2. The maximum atomic E-state index is 13.0. The second-order valence-corrected chi connectivity index (χ2v) is 7.62. The molecule has 0 N–H and O–H groups in total. The van der Waals surface area contributed by atoms with E-state index in [2.05, 4.69) is 0 Å². The van der Waals surface area contributed by atoms with Crippen LogP contribution in [-0.4, -0.2) is 54.4 Å². The summed E-state index contributed by atoms with van der Waals surface area (Å²) in [5.41, 5.74) is 0.137. The van der Waals surface area contributed by atoms with Gasteiger partial charge in [-0.2, -0.15) is 0 Å². The molecule has 0 saturated carbocycles. The predicted molar refractivity (Wildman–Crippen MR) is 106 cm³/mol. The molecular weight excluding hydrogens is 392 g/mol. The Morgan fingerprint density at radius 2 is 2.03 bits per heavy atom. The highest BCUT2D eigenvalue weighted by Crippen LogP contribution is 2.53. The molecule has 0 amide bonds. The Hall–Kier alpha value is -2.94. The first kappa shape index (κ1) is 21.8. The maximum absolute atomic E-state index is 13.0. The van der Waals surface area contributed by atoms with Gasteiger partial charge in [0.25, 0.3) is 5.69 Å². The fourth-order valence-electron chi connectivity index (χ4n) is 4.81. The van der Waals surface area contributed by atoms with Crippen molar-refractivity contribution in [1.29, 1.82) is 0 Å². The second-order valence-electron chi connectivity index (χ2n) is 7.62. The molecule has 1 fully saturated rings. The number of ether oxygens (including phenoxy) is 3. The lowest BCUT2D eigenvalue weighted by atomic mass is 9.71. The van der Waals surface area contributed by atoms with Gasteiger partial charge in [-0.15, -0.1) is 0 Å². The molecule has 2 heterocycles. The molecule has 30 heavy (non-hydrogen) atoms. The minimum atomic E-state index is -1.08. The maximum Gasteiger partial charge on any atom is 0.336 e. The Labute approximate surface area is 174 Å². The summed E-state index contributed by atoms with van der Waals surface area (Å²) in [5, 5.41) is 11.3. The normalized spacial score (nSPS) is 28.2. The lowest BCUT2D eigenvalue weighted by molar-refractivity contribution is -0.384. The van der Waals surface area contributed by atoms with Crippen LogP contribution in [0.2, 0.25) is 0 Å². The molecule has 9 heteroatoms. The average molecular weight is 418 g/mol. The summed E-state index contributed by atoms with van der Waals surface area (Å²) < 4.78 is 16.3. The van der Waals surface area contributed by atoms with Gasteiger partial charge in [0.15, 0.2) is 5.72 Å². The third-order valence-electron chi connectivity index (χ3n) is 6.16. The van der Waals surface area contributed by atoms with Crippen LogP contribution in [0.3, 0.4) is 0 Å². The summed E-state index contributed by atoms with van der Waals surface area (Å²) in [4.78, 5) is 38.7. The van der Waals surface area contributed by atoms with Crippen LogP contribution < -0.4 is 0 Å². The number of benzene rings is 1. The zero-order chi connectivity index (χ0) is 22.2. The van der Waals surface area contributed by atoms with Crippen LogP contribution in [0.4, 0.5) is 5.69 Å². The molecule has 0 aliphatic carbocycles. The largest absolute Gasteiger partial charge is 0.469 e. The Morgan fingerprint density at radius 1 is 1.33 bits per heavy atom. The molecule has 1 aromatic rings. The summed E-state index contributed by atoms with van der Waals surface area (Å²) in [6.45, 7) is 5.98. The summed E-state index contributed by atoms with van der Waals surface area (Å²) in [6, 6.07) is 5.90. The topological polar surface area (TPSA) is 108 Å². The van der Waals surface area contributed by atoms with Crippen LogP contribution in [0.25, 0.3) is 0 Å². The minimum absolute atomic E-state index is 0.0344. The number of allylic oxidation sites excluding steroid dienone is 1. The lowest BCUT2D eigenvalue weighted by Crippen LogP contribution is -2.58. The van der Waals surface area contributed by atoms with E-state index in [0.29, 0.717) is 17.9 Å². The number of methoxy groups -OCH3 is 2. The number of nitrogens with zero attached hydrogens (tertiary/aromatic N) is 2. The van der Waals surface area contributed by atoms with E-state index in [1.54, 1.807) is 19.9 Å². The predicted octanol–water partition coefficient (Wildman–Crippen LogP) is 2.76. The van der Waals surface area contributed by atoms with E-state index in [9.17, 15) is 19.7 Å². The SMILES string of the molecule is CCC1COC2(C)C(C(=O)OC)C(c3cccc([N+](=O)[O-])c3)C(C(=O)OC)=C(C)N12. The molecule has 4 unspecified atom stereocenters. The monoisotopic (exact) mass is 418 g/mol. The van der Waals surface area contributed by atoms with Gasteiger partial charge >= 0.3 is 11.9 Å². The van der Waals surface area contributed by atoms with Crippen molar-refractivity contribution < 1.29 is 28.7 Å². The van der Waals surface area contributed by atoms with Crippen LogP contribution in [-0.2, 0) is 23.8 Å². The molecule has 0 spiro atoms. The van der Waals surface area contributed by atoms with Gasteiger partial charge in [0, 0.05) is 23.7 Å². The average Bonchev–Trinajstić information content (AvgIpc) is 3.09. The van der Waals surface area contributed by atoms with Gasteiger partial charge in [0.1, 0.15) is 5.92 Å². The van der Waals surface area contributed by atoms with E-state index in [4.69, 9.17) is 14.2 Å². The fraction of sp³-hybridized carbons (Fsp3) is 0.524. The quantitative estimate of drug-likeness (QED) is 0.408. The number of nitro groups is 1. The third-order valence-corrected chi connectivity index (χ3v) is 6.16. The fourth-order valence-corrected chi connectivity index (χ4v) is 4.81. The van der Waals surface area contributed by atoms with Crippen molar-refractivity contribution in [1.82, 2.24) is 4.90 Å². The van der Waals surface area contributed by atoms with Crippen molar-refractivity contribution in [2.24, 2.45) is 5.92 Å². The molecule has 3 rings (SSSR count). The van der Waals surface area contributed by atoms with Crippen molar-refractivity contribution in [2.45, 2.75) is 44.9 Å². The summed E-state index contributed by atoms with van der Waals surface area (Å²) in [6.07, 6.45) is 0.747. The molecule has 2 aliphatic heterocycles. The van der Waals surface area contributed by atoms with Gasteiger partial charge in [-0.3, -0.25) is 14.9 Å². The number of fused-ring (bicyclic) bond motifs is 1. The minimum Gasteiger partial charge on any atom is -0.469 e. The molecule has 0 aromatic heterocycles. The van der Waals surface area contributed by atoms with Crippen LogP contribution in [0.5, 0.6) is 0 Å². The Bertz CT molecular complexity index is 912. The molecule has 1 aromatic carbocycles. The van der Waals surface area contributed by atoms with Gasteiger partial charge < -0.3 is 19.1 Å². The van der Waals surface area contributed by atoms with Crippen LogP contribution in [0, 0.1) is 16.0 Å². The zero-order valence-corrected chi connectivity index (χ0v) is 17.7. The molecule has 0 bridgehead atoms. The first-order valence-electron chi connectivity index (χ1n) is 9.75. The van der Waals surface area contributed by atoms with E-state index >= 15 is 0 Å². The number of esters is 2. The van der Waals surface area contributed by atoms with Gasteiger partial charge in [-0.05, 0) is 25.8 Å². The number of nitro benzene ring substituents is 1. The van der Waals surface area contributed by atoms with E-state index in [0.717, 1.165) is 6.42 Å². The summed E-state index contributed by atoms with van der Waals surface area (Å²) in [7, 11) is 2.54. The number of hydrogen-bond donors (Lipinski definition) is 0. The number of non-ortho nitro benzene ring substituents is 1. The molecule has 0 radical (unpaired) electrons. The third kappa shape index (κ3) is 3.23. The van der Waals surface area contributed by atoms with Gasteiger partial charge in [-0.25, -0.2) is 4.79 Å². The highest BCUT2D eigenvalue weighted by molar-refractivity contribution is 5.93. The molecule has 1 saturated heterocycles. The summed E-state index contributed by atoms with van der Waals surface area (Å²) >= 11 is 0. The van der Waals surface area contributed by atoms with Crippen molar-refractivity contribution in [2.75, 3.05) is 20.8 Å². The Balaban J connectivity index is 2.32. The molecule has 162 valence electrons. The number of hydrogen-bond acceptors (Lipinski definition) is 8. The van der Waals surface area contributed by atoms with Gasteiger partial charge in [0.2, 0.25) is 0 Å². The van der Waals surface area contributed by atoms with Gasteiger partial charge in [0.05, 0.1) is 37.4 Å². The number of rotatable bonds is 5. The highest BCUT2D eigenvalue weighted by atomic mass is 16.6. The smallest absolute Gasteiger partial charge is 0.336 e. The zero-order valence-electron chi connectivity index (χ0n) is 17.7. The lowest BCUT2D eigenvalue weighted by Gasteiger charge is -2.50. The standard InChI is InChI=1S/C21H26N2O7/c1-6-14-11-30-21(3)18(20(25)29-5)17(13-8-7-9-15(10-13)23(26)27)16(19(24)28-4)12(2)22(14)21/h7-10,14,17-18H,6,11H2,1-5H3. The van der Waals surface area contributed by atoms with Crippen LogP contribution in [0.1, 0.15) is 38.7 Å². The van der Waals surface area contributed by atoms with E-state index in [1.165, 1.54) is 32.4 Å². The van der Waals surface area contributed by atoms with Crippen molar-refractivity contribution in [3.05, 3.63) is 51.2 Å². The van der Waals surface area contributed by atoms with Crippen molar-refractivity contribution in [3.63, 3.8) is 0 Å². The van der Waals surface area contributed by atoms with Crippen molar-refractivity contribution >= 4 is 17.6 Å². The van der Waals surface area contributed by atoms with Crippen molar-refractivity contribution in [3.8, 4) is 0 Å². The first-order valence-corrected chi connectivity index (χ1v) is 9.75. The molecular formula is C21H26N2O7. The van der Waals surface area contributed by atoms with Gasteiger partial charge in [-0.1, -0.05) is 19.1 Å². The highest BCUT2D eigenvalue weighted by Gasteiger charge is 2.60. The van der Waals surface area contributed by atoms with Crippen LogP contribution in [0.15, 0.2) is 35.5 Å². The Morgan fingerprint density at radius 3 is 2.60 bits per heavy atom. The molecule has 2 aliphatic rings. The molecule has 4 atom stereocenters. The van der Waals surface area contributed by atoms with E-state index < -0.39 is 34.4 Å². The number of carbonyl (C=O) groups is 2. The summed E-state index contributed by atoms with van der Waals surface area (Å²) in [5.74, 6) is -2.92. The van der Waals surface area contributed by atoms with E-state index in [-0.39, 0.29) is 17.3 Å². The second kappa shape index (κ2) is 8.06. The Kier molecular flexibility index (Phi) is 5.85. The van der Waals surface area contributed by atoms with Crippen LogP contribution >= 0.6 is 0 Å².